The van der Waals surface area contributed by atoms with Crippen molar-refractivity contribution in [2.75, 3.05) is 0 Å². The third kappa shape index (κ3) is 3.58. The molecule has 0 amide bonds. The van der Waals surface area contributed by atoms with Crippen LogP contribution in [0.3, 0.4) is 0 Å². The van der Waals surface area contributed by atoms with Crippen molar-refractivity contribution >= 4 is 15.9 Å². The maximum absolute atomic E-state index is 9.74. The minimum atomic E-state index is -0.401. The van der Waals surface area contributed by atoms with E-state index in [1.807, 2.05) is 56.3 Å². The van der Waals surface area contributed by atoms with Gasteiger partial charge in [0.1, 0.15) is 11.5 Å². The van der Waals surface area contributed by atoms with Gasteiger partial charge in [0.05, 0.1) is 6.10 Å². The minimum Gasteiger partial charge on any atom is -0.457 e. The first-order valence-electron chi connectivity index (χ1n) is 6.32. The lowest BCUT2D eigenvalue weighted by Gasteiger charge is -2.11. The second kappa shape index (κ2) is 6.22. The molecule has 19 heavy (non-hydrogen) atoms. The highest BCUT2D eigenvalue weighted by Crippen LogP contribution is 2.29. The summed E-state index contributed by atoms with van der Waals surface area (Å²) in [6.45, 7) is 3.97. The summed E-state index contributed by atoms with van der Waals surface area (Å²) in [7, 11) is 0. The van der Waals surface area contributed by atoms with Crippen LogP contribution in [0.15, 0.2) is 46.9 Å². The highest BCUT2D eigenvalue weighted by atomic mass is 79.9. The number of benzene rings is 2. The molecule has 0 aromatic heterocycles. The summed E-state index contributed by atoms with van der Waals surface area (Å²) in [5.41, 5.74) is 2.00. The van der Waals surface area contributed by atoms with E-state index in [2.05, 4.69) is 15.9 Å². The Morgan fingerprint density at radius 1 is 1.16 bits per heavy atom. The Kier molecular flexibility index (Phi) is 4.61. The Hall–Kier alpha value is -1.32. The molecule has 0 aliphatic heterocycles. The molecule has 0 fully saturated rings. The average molecular weight is 321 g/mol. The number of halogens is 1. The van der Waals surface area contributed by atoms with Crippen LogP contribution < -0.4 is 4.74 Å². The number of hydrogen-bond acceptors (Lipinski definition) is 2. The minimum absolute atomic E-state index is 0.401. The fourth-order valence-corrected chi connectivity index (χ4v) is 2.14. The fourth-order valence-electron chi connectivity index (χ4n) is 1.80. The van der Waals surface area contributed by atoms with E-state index in [-0.39, 0.29) is 0 Å². The standard InChI is InChI=1S/C16H17BrO2/c1-3-15(18)12-5-8-14(9-6-12)19-16-10-13(17)7-4-11(16)2/h4-10,15,18H,3H2,1-2H3/t15-/m0/s1. The second-order valence-corrected chi connectivity index (χ2v) is 5.42. The lowest BCUT2D eigenvalue weighted by atomic mass is 10.1. The molecule has 1 N–H and O–H groups in total. The number of aryl methyl sites for hydroxylation is 1. The van der Waals surface area contributed by atoms with E-state index in [1.54, 1.807) is 0 Å². The largest absolute Gasteiger partial charge is 0.457 e. The van der Waals surface area contributed by atoms with Crippen LogP contribution in [-0.2, 0) is 0 Å². The molecule has 0 aliphatic rings. The van der Waals surface area contributed by atoms with E-state index >= 15 is 0 Å². The van der Waals surface area contributed by atoms with Crippen molar-refractivity contribution in [3.8, 4) is 11.5 Å². The summed E-state index contributed by atoms with van der Waals surface area (Å²) in [6.07, 6.45) is 0.312. The van der Waals surface area contributed by atoms with Gasteiger partial charge in [-0.25, -0.2) is 0 Å². The quantitative estimate of drug-likeness (QED) is 0.859. The molecule has 3 heteroatoms. The molecule has 0 spiro atoms. The van der Waals surface area contributed by atoms with E-state index < -0.39 is 6.10 Å². The molecular weight excluding hydrogens is 304 g/mol. The Balaban J connectivity index is 2.17. The molecule has 1 atom stereocenters. The van der Waals surface area contributed by atoms with E-state index in [4.69, 9.17) is 4.74 Å². The maximum Gasteiger partial charge on any atom is 0.131 e. The highest BCUT2D eigenvalue weighted by molar-refractivity contribution is 9.10. The summed E-state index contributed by atoms with van der Waals surface area (Å²) in [4.78, 5) is 0. The van der Waals surface area contributed by atoms with Gasteiger partial charge in [-0.3, -0.25) is 0 Å². The summed E-state index contributed by atoms with van der Waals surface area (Å²) in [5.74, 6) is 1.60. The van der Waals surface area contributed by atoms with Gasteiger partial charge in [0.25, 0.3) is 0 Å². The van der Waals surface area contributed by atoms with Crippen LogP contribution in [0.5, 0.6) is 11.5 Å². The predicted molar refractivity (Wildman–Crippen MR) is 80.6 cm³/mol. The van der Waals surface area contributed by atoms with Gasteiger partial charge in [-0.05, 0) is 48.7 Å². The van der Waals surface area contributed by atoms with Gasteiger partial charge in [0.2, 0.25) is 0 Å². The zero-order valence-electron chi connectivity index (χ0n) is 11.1. The summed E-state index contributed by atoms with van der Waals surface area (Å²) in [5, 5.41) is 9.74. The SMILES string of the molecule is CC[C@H](O)c1ccc(Oc2cc(Br)ccc2C)cc1. The topological polar surface area (TPSA) is 29.5 Å². The van der Waals surface area contributed by atoms with Gasteiger partial charge in [0.15, 0.2) is 0 Å². The van der Waals surface area contributed by atoms with Crippen LogP contribution in [0.4, 0.5) is 0 Å². The highest BCUT2D eigenvalue weighted by Gasteiger charge is 2.06. The Morgan fingerprint density at radius 2 is 1.84 bits per heavy atom. The van der Waals surface area contributed by atoms with Crippen molar-refractivity contribution in [1.82, 2.24) is 0 Å². The van der Waals surface area contributed by atoms with Crippen LogP contribution >= 0.6 is 15.9 Å². The third-order valence-electron chi connectivity index (χ3n) is 3.03. The van der Waals surface area contributed by atoms with Gasteiger partial charge in [-0.15, -0.1) is 0 Å². The molecule has 0 saturated carbocycles. The Bertz CT molecular complexity index is 549. The lowest BCUT2D eigenvalue weighted by molar-refractivity contribution is 0.173. The molecule has 0 saturated heterocycles. The van der Waals surface area contributed by atoms with Crippen LogP contribution in [0.1, 0.15) is 30.6 Å². The van der Waals surface area contributed by atoms with Crippen molar-refractivity contribution in [3.05, 3.63) is 58.1 Å². The van der Waals surface area contributed by atoms with Crippen LogP contribution in [-0.4, -0.2) is 5.11 Å². The lowest BCUT2D eigenvalue weighted by Crippen LogP contribution is -1.95. The number of ether oxygens (including phenoxy) is 1. The summed E-state index contributed by atoms with van der Waals surface area (Å²) >= 11 is 3.44. The molecule has 0 unspecified atom stereocenters. The molecule has 0 radical (unpaired) electrons. The van der Waals surface area contributed by atoms with Gasteiger partial charge in [-0.1, -0.05) is 41.1 Å². The van der Waals surface area contributed by atoms with E-state index in [1.165, 1.54) is 0 Å². The molecule has 100 valence electrons. The molecular formula is C16H17BrO2. The van der Waals surface area contributed by atoms with E-state index in [9.17, 15) is 5.11 Å². The maximum atomic E-state index is 9.74. The van der Waals surface area contributed by atoms with Crippen molar-refractivity contribution in [3.63, 3.8) is 0 Å². The van der Waals surface area contributed by atoms with Gasteiger partial charge >= 0.3 is 0 Å². The average Bonchev–Trinajstić information content (AvgIpc) is 2.43. The van der Waals surface area contributed by atoms with Crippen LogP contribution in [0.2, 0.25) is 0 Å². The molecule has 0 heterocycles. The normalized spacial score (nSPS) is 12.2. The van der Waals surface area contributed by atoms with Crippen LogP contribution in [0.25, 0.3) is 0 Å². The van der Waals surface area contributed by atoms with Crippen molar-refractivity contribution in [1.29, 1.82) is 0 Å². The number of aliphatic hydroxyl groups is 1. The first-order valence-corrected chi connectivity index (χ1v) is 7.11. The third-order valence-corrected chi connectivity index (χ3v) is 3.52. The monoisotopic (exact) mass is 320 g/mol. The summed E-state index contributed by atoms with van der Waals surface area (Å²) in [6, 6.07) is 13.5. The van der Waals surface area contributed by atoms with Gasteiger partial charge in [-0.2, -0.15) is 0 Å². The smallest absolute Gasteiger partial charge is 0.131 e. The summed E-state index contributed by atoms with van der Waals surface area (Å²) < 4.78 is 6.84. The first-order chi connectivity index (χ1) is 9.10. The van der Waals surface area contributed by atoms with Crippen molar-refractivity contribution in [2.45, 2.75) is 26.4 Å². The molecule has 2 aromatic rings. The van der Waals surface area contributed by atoms with Gasteiger partial charge < -0.3 is 9.84 Å². The zero-order chi connectivity index (χ0) is 13.8. The number of aliphatic hydroxyl groups excluding tert-OH is 1. The van der Waals surface area contributed by atoms with E-state index in [0.717, 1.165) is 27.1 Å². The van der Waals surface area contributed by atoms with E-state index in [0.29, 0.717) is 6.42 Å². The van der Waals surface area contributed by atoms with Crippen molar-refractivity contribution < 1.29 is 9.84 Å². The van der Waals surface area contributed by atoms with Crippen molar-refractivity contribution in [2.24, 2.45) is 0 Å². The Labute approximate surface area is 122 Å². The fraction of sp³-hybridized carbons (Fsp3) is 0.250. The number of rotatable bonds is 4. The Morgan fingerprint density at radius 3 is 2.47 bits per heavy atom. The molecule has 0 bridgehead atoms. The molecule has 0 aliphatic carbocycles. The van der Waals surface area contributed by atoms with Gasteiger partial charge in [0, 0.05) is 4.47 Å². The second-order valence-electron chi connectivity index (χ2n) is 4.50. The molecule has 2 rings (SSSR count). The molecule has 2 aromatic carbocycles. The first kappa shape index (κ1) is 14.1. The molecule has 2 nitrogen and oxygen atoms in total. The number of hydrogen-bond donors (Lipinski definition) is 1. The predicted octanol–water partition coefficient (Wildman–Crippen LogP) is 4.99. The zero-order valence-corrected chi connectivity index (χ0v) is 12.6. The van der Waals surface area contributed by atoms with Crippen LogP contribution in [0, 0.1) is 6.92 Å².